The molecule has 1 atom stereocenters. The van der Waals surface area contributed by atoms with Crippen LogP contribution in [-0.2, 0) is 4.79 Å². The number of nitrogens with zero attached hydrogens (tertiary/aromatic N) is 4. The van der Waals surface area contributed by atoms with E-state index in [2.05, 4.69) is 10.1 Å². The van der Waals surface area contributed by atoms with Crippen LogP contribution in [0.5, 0.6) is 0 Å². The number of carbonyl (C=O) groups is 1. The minimum atomic E-state index is -0.935. The van der Waals surface area contributed by atoms with Crippen molar-refractivity contribution in [1.29, 1.82) is 0 Å². The highest BCUT2D eigenvalue weighted by atomic mass is 35.5. The lowest BCUT2D eigenvalue weighted by Crippen LogP contribution is -2.26. The monoisotopic (exact) mass is 362 g/mol. The maximum Gasteiger partial charge on any atom is 0.305 e. The molecule has 0 saturated carbocycles. The van der Waals surface area contributed by atoms with Crippen molar-refractivity contribution in [2.75, 3.05) is 5.75 Å². The van der Waals surface area contributed by atoms with Crippen LogP contribution in [0.25, 0.3) is 16.7 Å². The van der Waals surface area contributed by atoms with Gasteiger partial charge in [0.15, 0.2) is 10.8 Å². The summed E-state index contributed by atoms with van der Waals surface area (Å²) < 4.78 is 3.03. The molecule has 0 spiro atoms. The maximum absolute atomic E-state index is 12.8. The fourth-order valence-electron chi connectivity index (χ4n) is 2.78. The van der Waals surface area contributed by atoms with Crippen LogP contribution in [0.15, 0.2) is 40.4 Å². The van der Waals surface area contributed by atoms with E-state index in [9.17, 15) is 9.59 Å². The number of aliphatic carboxylic acids is 1. The molecule has 0 fully saturated rings. The molecular weight excluding hydrogens is 352 g/mol. The SMILES string of the molecule is O=C(O)C[C@@H]1CSc2nc3c(cnn3-c3cccc(Cl)c3)c(=O)n21. The number of rotatable bonds is 3. The van der Waals surface area contributed by atoms with Gasteiger partial charge in [-0.25, -0.2) is 9.67 Å². The summed E-state index contributed by atoms with van der Waals surface area (Å²) in [6.45, 7) is 0. The van der Waals surface area contributed by atoms with Gasteiger partial charge in [-0.15, -0.1) is 0 Å². The molecule has 0 bridgehead atoms. The van der Waals surface area contributed by atoms with E-state index in [0.29, 0.717) is 32.7 Å². The Morgan fingerprint density at radius 1 is 1.46 bits per heavy atom. The molecule has 1 N–H and O–H groups in total. The van der Waals surface area contributed by atoms with Gasteiger partial charge >= 0.3 is 5.97 Å². The smallest absolute Gasteiger partial charge is 0.305 e. The van der Waals surface area contributed by atoms with Crippen LogP contribution < -0.4 is 5.56 Å². The number of carboxylic acid groups (broad SMARTS) is 1. The Hall–Kier alpha value is -2.32. The Bertz CT molecular complexity index is 1030. The fraction of sp³-hybridized carbons (Fsp3) is 0.200. The number of fused-ring (bicyclic) bond motifs is 2. The second-order valence-corrected chi connectivity index (χ2v) is 6.83. The standard InChI is InChI=1S/C15H11ClN4O3S/c16-8-2-1-3-9(4-8)20-13-11(6-17-20)14(23)19-10(5-12(21)22)7-24-15(19)18-13/h1-4,6,10H,5,7H2,(H,21,22)/t10-/m1/s1. The van der Waals surface area contributed by atoms with Crippen molar-refractivity contribution in [3.05, 3.63) is 45.8 Å². The van der Waals surface area contributed by atoms with Crippen LogP contribution in [0.4, 0.5) is 0 Å². The van der Waals surface area contributed by atoms with E-state index >= 15 is 0 Å². The zero-order valence-electron chi connectivity index (χ0n) is 12.2. The molecule has 7 nitrogen and oxygen atoms in total. The number of carboxylic acids is 1. The number of benzene rings is 1. The molecule has 0 aliphatic carbocycles. The second-order valence-electron chi connectivity index (χ2n) is 5.41. The van der Waals surface area contributed by atoms with Crippen molar-refractivity contribution in [2.45, 2.75) is 17.6 Å². The fourth-order valence-corrected chi connectivity index (χ4v) is 4.09. The molecule has 122 valence electrons. The van der Waals surface area contributed by atoms with Crippen LogP contribution in [0, 0.1) is 0 Å². The van der Waals surface area contributed by atoms with Gasteiger partial charge < -0.3 is 5.11 Å². The summed E-state index contributed by atoms with van der Waals surface area (Å²) in [7, 11) is 0. The third kappa shape index (κ3) is 2.38. The van der Waals surface area contributed by atoms with Gasteiger partial charge in [-0.1, -0.05) is 29.4 Å². The first-order valence-corrected chi connectivity index (χ1v) is 8.52. The van der Waals surface area contributed by atoms with Gasteiger partial charge in [0.2, 0.25) is 0 Å². The Labute approximate surface area is 144 Å². The second kappa shape index (κ2) is 5.64. The molecular formula is C15H11ClN4O3S. The predicted octanol–water partition coefficient (Wildman–Crippen LogP) is 2.36. The summed E-state index contributed by atoms with van der Waals surface area (Å²) >= 11 is 7.40. The zero-order valence-corrected chi connectivity index (χ0v) is 13.8. The molecule has 3 aromatic rings. The van der Waals surface area contributed by atoms with Crippen LogP contribution >= 0.6 is 23.4 Å². The largest absolute Gasteiger partial charge is 0.481 e. The summed E-state index contributed by atoms with van der Waals surface area (Å²) in [5, 5.41) is 14.7. The quantitative estimate of drug-likeness (QED) is 0.719. The van der Waals surface area contributed by atoms with Gasteiger partial charge in [-0.2, -0.15) is 5.10 Å². The first kappa shape index (κ1) is 15.2. The van der Waals surface area contributed by atoms with Crippen molar-refractivity contribution in [2.24, 2.45) is 0 Å². The van der Waals surface area contributed by atoms with Crippen molar-refractivity contribution >= 4 is 40.4 Å². The third-order valence-corrected chi connectivity index (χ3v) is 5.17. The van der Waals surface area contributed by atoms with E-state index in [4.69, 9.17) is 16.7 Å². The van der Waals surface area contributed by atoms with E-state index in [0.717, 1.165) is 0 Å². The van der Waals surface area contributed by atoms with Crippen LogP contribution in [0.3, 0.4) is 0 Å². The Morgan fingerprint density at radius 2 is 2.29 bits per heavy atom. The molecule has 1 aliphatic heterocycles. The lowest BCUT2D eigenvalue weighted by atomic mass is 10.2. The number of hydrogen-bond donors (Lipinski definition) is 1. The highest BCUT2D eigenvalue weighted by Crippen LogP contribution is 2.33. The topological polar surface area (TPSA) is 90.0 Å². The number of hydrogen-bond acceptors (Lipinski definition) is 5. The van der Waals surface area contributed by atoms with Crippen molar-refractivity contribution in [1.82, 2.24) is 19.3 Å². The first-order valence-electron chi connectivity index (χ1n) is 7.15. The maximum atomic E-state index is 12.8. The average Bonchev–Trinajstić information content (AvgIpc) is 3.12. The van der Waals surface area contributed by atoms with E-state index in [1.54, 1.807) is 22.9 Å². The molecule has 4 rings (SSSR count). The average molecular weight is 363 g/mol. The van der Waals surface area contributed by atoms with E-state index in [1.165, 1.54) is 22.5 Å². The van der Waals surface area contributed by atoms with Crippen molar-refractivity contribution < 1.29 is 9.90 Å². The van der Waals surface area contributed by atoms with Gasteiger partial charge in [0.25, 0.3) is 5.56 Å². The Balaban J connectivity index is 1.90. The molecule has 9 heteroatoms. The van der Waals surface area contributed by atoms with Crippen LogP contribution in [0.1, 0.15) is 12.5 Å². The van der Waals surface area contributed by atoms with Crippen LogP contribution in [-0.4, -0.2) is 36.2 Å². The van der Waals surface area contributed by atoms with Crippen molar-refractivity contribution in [3.8, 4) is 5.69 Å². The number of thioether (sulfide) groups is 1. The van der Waals surface area contributed by atoms with Gasteiger partial charge in [-0.3, -0.25) is 14.2 Å². The van der Waals surface area contributed by atoms with Gasteiger partial charge in [0, 0.05) is 10.8 Å². The Morgan fingerprint density at radius 3 is 3.04 bits per heavy atom. The highest BCUT2D eigenvalue weighted by Gasteiger charge is 2.29. The highest BCUT2D eigenvalue weighted by molar-refractivity contribution is 7.99. The number of halogens is 1. The summed E-state index contributed by atoms with van der Waals surface area (Å²) in [6, 6.07) is 6.72. The summed E-state index contributed by atoms with van der Waals surface area (Å²) in [6.07, 6.45) is 1.36. The van der Waals surface area contributed by atoms with E-state index < -0.39 is 5.97 Å². The van der Waals surface area contributed by atoms with Crippen molar-refractivity contribution in [3.63, 3.8) is 0 Å². The first-order chi connectivity index (χ1) is 11.5. The summed E-state index contributed by atoms with van der Waals surface area (Å²) in [4.78, 5) is 28.3. The van der Waals surface area contributed by atoms with Crippen LogP contribution in [0.2, 0.25) is 5.02 Å². The molecule has 1 aliphatic rings. The minimum absolute atomic E-state index is 0.102. The summed E-state index contributed by atoms with van der Waals surface area (Å²) in [5.74, 6) is -0.416. The molecule has 2 aromatic heterocycles. The molecule has 1 aromatic carbocycles. The molecule has 0 unspecified atom stereocenters. The molecule has 3 heterocycles. The summed E-state index contributed by atoms with van der Waals surface area (Å²) in [5.41, 5.74) is 0.885. The van der Waals surface area contributed by atoms with E-state index in [1.807, 2.05) is 6.07 Å². The predicted molar refractivity (Wildman–Crippen MR) is 90.1 cm³/mol. The lowest BCUT2D eigenvalue weighted by molar-refractivity contribution is -0.137. The van der Waals surface area contributed by atoms with Gasteiger partial charge in [0.05, 0.1) is 24.3 Å². The molecule has 0 saturated heterocycles. The third-order valence-electron chi connectivity index (χ3n) is 3.83. The number of aromatic nitrogens is 4. The van der Waals surface area contributed by atoms with Gasteiger partial charge in [-0.05, 0) is 18.2 Å². The molecule has 0 radical (unpaired) electrons. The Kier molecular flexibility index (Phi) is 3.58. The normalized spacial score (nSPS) is 16.5. The molecule has 0 amide bonds. The molecule has 24 heavy (non-hydrogen) atoms. The minimum Gasteiger partial charge on any atom is -0.481 e. The van der Waals surface area contributed by atoms with Gasteiger partial charge in [0.1, 0.15) is 5.39 Å². The lowest BCUT2D eigenvalue weighted by Gasteiger charge is -2.10. The van der Waals surface area contributed by atoms with E-state index in [-0.39, 0.29) is 18.0 Å². The zero-order chi connectivity index (χ0) is 16.8.